The van der Waals surface area contributed by atoms with E-state index in [0.29, 0.717) is 28.9 Å². The van der Waals surface area contributed by atoms with Crippen molar-refractivity contribution in [1.29, 1.82) is 0 Å². The lowest BCUT2D eigenvalue weighted by Gasteiger charge is -2.22. The third kappa shape index (κ3) is 3.98. The highest BCUT2D eigenvalue weighted by Gasteiger charge is 2.19. The molecule has 3 aromatic rings. The maximum atomic E-state index is 12.8. The zero-order valence-electron chi connectivity index (χ0n) is 15.7. The molecule has 0 aliphatic carbocycles. The van der Waals surface area contributed by atoms with Gasteiger partial charge >= 0.3 is 0 Å². The zero-order valence-corrected chi connectivity index (χ0v) is 16.5. The molecule has 0 unspecified atom stereocenters. The van der Waals surface area contributed by atoms with Crippen LogP contribution < -0.4 is 10.6 Å². The van der Waals surface area contributed by atoms with Crippen LogP contribution >= 0.6 is 11.6 Å². The molecule has 2 aromatic heterocycles. The monoisotopic (exact) mass is 398 g/mol. The molecule has 1 fully saturated rings. The van der Waals surface area contributed by atoms with Crippen molar-refractivity contribution in [3.63, 3.8) is 0 Å². The molecule has 0 saturated carbocycles. The molecule has 2 N–H and O–H groups in total. The molecule has 6 nitrogen and oxygen atoms in total. The number of amides is 1. The Morgan fingerprint density at radius 2 is 2.14 bits per heavy atom. The van der Waals surface area contributed by atoms with E-state index >= 15 is 0 Å². The number of anilines is 2. The number of nitrogens with zero attached hydrogens (tertiary/aromatic N) is 2. The van der Waals surface area contributed by atoms with Crippen LogP contribution in [0.4, 0.5) is 11.5 Å². The van der Waals surface area contributed by atoms with E-state index < -0.39 is 0 Å². The molecule has 1 aromatic carbocycles. The summed E-state index contributed by atoms with van der Waals surface area (Å²) >= 11 is 6.07. The van der Waals surface area contributed by atoms with Crippen LogP contribution in [0, 0.1) is 5.92 Å². The van der Waals surface area contributed by atoms with E-state index in [2.05, 4.69) is 15.6 Å². The normalized spacial score (nSPS) is 14.9. The van der Waals surface area contributed by atoms with Crippen molar-refractivity contribution in [3.8, 4) is 0 Å². The minimum Gasteiger partial charge on any atom is -0.381 e. The van der Waals surface area contributed by atoms with E-state index in [1.807, 2.05) is 48.1 Å². The fourth-order valence-electron chi connectivity index (χ4n) is 3.57. The molecule has 7 heteroatoms. The SMILES string of the molecule is Cn1ccc2c(Nc3cccc(Cl)c3)ncc(C(=O)NCC3CCOCC3)c21. The Morgan fingerprint density at radius 1 is 1.32 bits per heavy atom. The highest BCUT2D eigenvalue weighted by atomic mass is 35.5. The molecule has 3 heterocycles. The van der Waals surface area contributed by atoms with Crippen molar-refractivity contribution >= 4 is 39.9 Å². The minimum atomic E-state index is -0.0971. The van der Waals surface area contributed by atoms with E-state index in [-0.39, 0.29) is 5.91 Å². The molecule has 1 amide bonds. The van der Waals surface area contributed by atoms with Gasteiger partial charge < -0.3 is 19.9 Å². The summed E-state index contributed by atoms with van der Waals surface area (Å²) in [6, 6.07) is 9.43. The predicted octanol–water partition coefficient (Wildman–Crippen LogP) is 4.13. The molecular formula is C21H23ClN4O2. The van der Waals surface area contributed by atoms with Crippen LogP contribution in [0.15, 0.2) is 42.7 Å². The van der Waals surface area contributed by atoms with Crippen LogP contribution in [-0.2, 0) is 11.8 Å². The Balaban J connectivity index is 1.58. The Labute approximate surface area is 168 Å². The van der Waals surface area contributed by atoms with Gasteiger partial charge in [-0.3, -0.25) is 4.79 Å². The van der Waals surface area contributed by atoms with Crippen LogP contribution in [0.2, 0.25) is 5.02 Å². The summed E-state index contributed by atoms with van der Waals surface area (Å²) in [5.74, 6) is 1.07. The Hall–Kier alpha value is -2.57. The molecule has 1 aliphatic rings. The molecule has 0 spiro atoms. The molecule has 4 rings (SSSR count). The summed E-state index contributed by atoms with van der Waals surface area (Å²) in [4.78, 5) is 17.3. The van der Waals surface area contributed by atoms with Crippen molar-refractivity contribution in [1.82, 2.24) is 14.9 Å². The largest absolute Gasteiger partial charge is 0.381 e. The van der Waals surface area contributed by atoms with Crippen LogP contribution in [0.5, 0.6) is 0 Å². The third-order valence-corrected chi connectivity index (χ3v) is 5.36. The van der Waals surface area contributed by atoms with Gasteiger partial charge in [-0.2, -0.15) is 0 Å². The van der Waals surface area contributed by atoms with Crippen molar-refractivity contribution < 1.29 is 9.53 Å². The van der Waals surface area contributed by atoms with E-state index in [1.54, 1.807) is 6.20 Å². The number of nitrogens with one attached hydrogen (secondary N) is 2. The molecule has 0 bridgehead atoms. The van der Waals surface area contributed by atoms with Gasteiger partial charge in [0, 0.05) is 55.3 Å². The molecule has 0 atom stereocenters. The van der Waals surface area contributed by atoms with E-state index in [9.17, 15) is 4.79 Å². The summed E-state index contributed by atoms with van der Waals surface area (Å²) < 4.78 is 7.33. The Bertz CT molecular complexity index is 995. The lowest BCUT2D eigenvalue weighted by molar-refractivity contribution is 0.0643. The number of aromatic nitrogens is 2. The van der Waals surface area contributed by atoms with Crippen molar-refractivity contribution in [2.24, 2.45) is 13.0 Å². The quantitative estimate of drug-likeness (QED) is 0.678. The number of pyridine rings is 1. The van der Waals surface area contributed by atoms with Crippen molar-refractivity contribution in [2.45, 2.75) is 12.8 Å². The fraction of sp³-hybridized carbons (Fsp3) is 0.333. The molecular weight excluding hydrogens is 376 g/mol. The first-order chi connectivity index (χ1) is 13.6. The number of benzene rings is 1. The van der Waals surface area contributed by atoms with Crippen LogP contribution in [0.3, 0.4) is 0 Å². The van der Waals surface area contributed by atoms with Gasteiger partial charge in [0.1, 0.15) is 5.82 Å². The average Bonchev–Trinajstić information content (AvgIpc) is 3.10. The number of carbonyl (C=O) groups excluding carboxylic acids is 1. The lowest BCUT2D eigenvalue weighted by atomic mass is 10.0. The number of rotatable bonds is 5. The second-order valence-corrected chi connectivity index (χ2v) is 7.55. The number of halogens is 1. The summed E-state index contributed by atoms with van der Waals surface area (Å²) in [6.07, 6.45) is 5.54. The third-order valence-electron chi connectivity index (χ3n) is 5.13. The van der Waals surface area contributed by atoms with Crippen LogP contribution in [0.25, 0.3) is 10.9 Å². The molecule has 1 saturated heterocycles. The summed E-state index contributed by atoms with van der Waals surface area (Å²) in [5, 5.41) is 7.91. The van der Waals surface area contributed by atoms with E-state index in [4.69, 9.17) is 16.3 Å². The number of ether oxygens (including phenoxy) is 1. The van der Waals surface area contributed by atoms with Gasteiger partial charge in [0.25, 0.3) is 5.91 Å². The second kappa shape index (κ2) is 8.20. The molecule has 28 heavy (non-hydrogen) atoms. The number of hydrogen-bond donors (Lipinski definition) is 2. The molecule has 146 valence electrons. The topological polar surface area (TPSA) is 68.2 Å². The van der Waals surface area contributed by atoms with Crippen molar-refractivity contribution in [3.05, 3.63) is 53.3 Å². The highest BCUT2D eigenvalue weighted by Crippen LogP contribution is 2.28. The fourth-order valence-corrected chi connectivity index (χ4v) is 3.76. The van der Waals surface area contributed by atoms with Gasteiger partial charge in [0.2, 0.25) is 0 Å². The second-order valence-electron chi connectivity index (χ2n) is 7.11. The first-order valence-corrected chi connectivity index (χ1v) is 9.82. The average molecular weight is 399 g/mol. The Morgan fingerprint density at radius 3 is 2.93 bits per heavy atom. The smallest absolute Gasteiger partial charge is 0.255 e. The highest BCUT2D eigenvalue weighted by molar-refractivity contribution is 6.30. The summed E-state index contributed by atoms with van der Waals surface area (Å²) in [6.45, 7) is 2.21. The number of fused-ring (bicyclic) bond motifs is 1. The minimum absolute atomic E-state index is 0.0971. The van der Waals surface area contributed by atoms with Gasteiger partial charge in [-0.1, -0.05) is 17.7 Å². The summed E-state index contributed by atoms with van der Waals surface area (Å²) in [7, 11) is 1.93. The van der Waals surface area contributed by atoms with Gasteiger partial charge in [-0.15, -0.1) is 0 Å². The van der Waals surface area contributed by atoms with Crippen molar-refractivity contribution in [2.75, 3.05) is 25.1 Å². The van der Waals surface area contributed by atoms with E-state index in [1.165, 1.54) is 0 Å². The van der Waals surface area contributed by atoms with Crippen LogP contribution in [0.1, 0.15) is 23.2 Å². The predicted molar refractivity (Wildman–Crippen MR) is 111 cm³/mol. The summed E-state index contributed by atoms with van der Waals surface area (Å²) in [5.41, 5.74) is 2.28. The molecule has 1 aliphatic heterocycles. The standard InChI is InChI=1S/C21H23ClN4O2/c1-26-8-5-17-19(26)18(21(27)24-12-14-6-9-28-10-7-14)13-23-20(17)25-16-4-2-3-15(22)11-16/h2-5,8,11,13-14H,6-7,9-10,12H2,1H3,(H,23,25)(H,24,27). The maximum absolute atomic E-state index is 12.8. The van der Waals surface area contributed by atoms with Gasteiger partial charge in [-0.25, -0.2) is 4.98 Å². The lowest BCUT2D eigenvalue weighted by Crippen LogP contribution is -2.32. The number of hydrogen-bond acceptors (Lipinski definition) is 4. The first kappa shape index (κ1) is 18.8. The van der Waals surface area contributed by atoms with Gasteiger partial charge in [0.05, 0.1) is 11.1 Å². The zero-order chi connectivity index (χ0) is 19.5. The number of aryl methyl sites for hydroxylation is 1. The first-order valence-electron chi connectivity index (χ1n) is 9.44. The van der Waals surface area contributed by atoms with E-state index in [0.717, 1.165) is 42.6 Å². The van der Waals surface area contributed by atoms with Gasteiger partial charge in [-0.05, 0) is 43.0 Å². The Kier molecular flexibility index (Phi) is 5.50. The molecule has 0 radical (unpaired) electrons. The van der Waals surface area contributed by atoms with Gasteiger partial charge in [0.15, 0.2) is 0 Å². The van der Waals surface area contributed by atoms with Crippen LogP contribution in [-0.4, -0.2) is 35.2 Å². The maximum Gasteiger partial charge on any atom is 0.255 e. The number of carbonyl (C=O) groups is 1.